The van der Waals surface area contributed by atoms with E-state index >= 15 is 0 Å². The highest BCUT2D eigenvalue weighted by Crippen LogP contribution is 2.20. The van der Waals surface area contributed by atoms with Crippen molar-refractivity contribution < 1.29 is 17.9 Å². The van der Waals surface area contributed by atoms with Crippen molar-refractivity contribution in [1.29, 1.82) is 0 Å². The zero-order chi connectivity index (χ0) is 14.5. The number of nitrogens with two attached hydrogens (primary N) is 1. The summed E-state index contributed by atoms with van der Waals surface area (Å²) >= 11 is 10.7. The van der Waals surface area contributed by atoms with Crippen LogP contribution in [0.5, 0.6) is 0 Å². The predicted molar refractivity (Wildman–Crippen MR) is 72.7 cm³/mol. The summed E-state index contributed by atoms with van der Waals surface area (Å²) in [5.74, 6) is 0. The van der Waals surface area contributed by atoms with Crippen molar-refractivity contribution in [2.24, 2.45) is 5.73 Å². The van der Waals surface area contributed by atoms with Crippen LogP contribution in [0.1, 0.15) is 5.56 Å². The van der Waals surface area contributed by atoms with E-state index in [4.69, 9.17) is 29.6 Å². The Morgan fingerprint density at radius 2 is 2.11 bits per heavy atom. The number of thiocarbonyl (C=S) groups is 1. The van der Waals surface area contributed by atoms with Gasteiger partial charge in [-0.05, 0) is 18.2 Å². The van der Waals surface area contributed by atoms with Gasteiger partial charge in [0.15, 0.2) is 0 Å². The predicted octanol–water partition coefficient (Wildman–Crippen LogP) is 2.97. The van der Waals surface area contributed by atoms with Crippen LogP contribution in [0.15, 0.2) is 18.2 Å². The van der Waals surface area contributed by atoms with E-state index in [0.717, 1.165) is 0 Å². The average Bonchev–Trinajstić information content (AvgIpc) is 2.26. The van der Waals surface area contributed by atoms with Gasteiger partial charge in [-0.2, -0.15) is 13.2 Å². The quantitative estimate of drug-likeness (QED) is 0.626. The van der Waals surface area contributed by atoms with Gasteiger partial charge in [-0.1, -0.05) is 23.8 Å². The van der Waals surface area contributed by atoms with Crippen LogP contribution in [0, 0.1) is 0 Å². The number of halogens is 4. The van der Waals surface area contributed by atoms with E-state index in [9.17, 15) is 13.2 Å². The smallest absolute Gasteiger partial charge is 0.389 e. The van der Waals surface area contributed by atoms with E-state index in [-0.39, 0.29) is 18.1 Å². The number of ether oxygens (including phenoxy) is 1. The fraction of sp³-hybridized carbons (Fsp3) is 0.364. The summed E-state index contributed by atoms with van der Waals surface area (Å²) < 4.78 is 39.8. The van der Waals surface area contributed by atoms with Crippen LogP contribution in [0.25, 0.3) is 0 Å². The molecule has 1 rings (SSSR count). The van der Waals surface area contributed by atoms with E-state index in [2.05, 4.69) is 10.1 Å². The average molecular weight is 313 g/mol. The molecule has 0 saturated carbocycles. The SMILES string of the molecule is NC(=S)c1ccc(NCCOCC(F)(F)F)cc1Cl. The highest BCUT2D eigenvalue weighted by atomic mass is 35.5. The molecule has 0 heterocycles. The van der Waals surface area contributed by atoms with E-state index in [1.807, 2.05) is 0 Å². The molecule has 1 aromatic carbocycles. The molecule has 1 aromatic rings. The van der Waals surface area contributed by atoms with Gasteiger partial charge < -0.3 is 15.8 Å². The summed E-state index contributed by atoms with van der Waals surface area (Å²) in [5.41, 5.74) is 6.65. The first-order valence-electron chi connectivity index (χ1n) is 5.27. The van der Waals surface area contributed by atoms with E-state index < -0.39 is 12.8 Å². The normalized spacial score (nSPS) is 11.4. The monoisotopic (exact) mass is 312 g/mol. The van der Waals surface area contributed by atoms with E-state index in [1.54, 1.807) is 18.2 Å². The second kappa shape index (κ2) is 6.93. The van der Waals surface area contributed by atoms with Crippen LogP contribution in [-0.4, -0.2) is 30.9 Å². The Hall–Kier alpha value is -1.05. The number of rotatable bonds is 6. The van der Waals surface area contributed by atoms with Gasteiger partial charge in [-0.3, -0.25) is 0 Å². The molecule has 8 heteroatoms. The number of anilines is 1. The number of benzene rings is 1. The number of nitrogens with one attached hydrogen (secondary N) is 1. The lowest BCUT2D eigenvalue weighted by molar-refractivity contribution is -0.172. The number of hydrogen-bond donors (Lipinski definition) is 2. The minimum Gasteiger partial charge on any atom is -0.389 e. The Morgan fingerprint density at radius 3 is 2.63 bits per heavy atom. The van der Waals surface area contributed by atoms with Crippen LogP contribution in [0.2, 0.25) is 5.02 Å². The van der Waals surface area contributed by atoms with Gasteiger partial charge in [-0.15, -0.1) is 0 Å². The maximum atomic E-state index is 11.8. The van der Waals surface area contributed by atoms with Crippen molar-refractivity contribution in [2.45, 2.75) is 6.18 Å². The lowest BCUT2D eigenvalue weighted by Gasteiger charge is -2.10. The van der Waals surface area contributed by atoms with E-state index in [0.29, 0.717) is 16.3 Å². The molecule has 106 valence electrons. The summed E-state index contributed by atoms with van der Waals surface area (Å²) in [6.45, 7) is -1.08. The first-order chi connectivity index (χ1) is 8.79. The fourth-order valence-corrected chi connectivity index (χ4v) is 1.80. The van der Waals surface area contributed by atoms with Crippen LogP contribution in [-0.2, 0) is 4.74 Å². The maximum absolute atomic E-state index is 11.8. The van der Waals surface area contributed by atoms with E-state index in [1.165, 1.54) is 0 Å². The zero-order valence-electron chi connectivity index (χ0n) is 9.76. The molecule has 0 amide bonds. The third kappa shape index (κ3) is 6.09. The molecule has 0 unspecified atom stereocenters. The van der Waals surface area contributed by atoms with Gasteiger partial charge in [0.05, 0.1) is 11.6 Å². The molecule has 0 aliphatic rings. The van der Waals surface area contributed by atoms with Crippen LogP contribution in [0.4, 0.5) is 18.9 Å². The largest absolute Gasteiger partial charge is 0.411 e. The Labute approximate surface area is 118 Å². The highest BCUT2D eigenvalue weighted by Gasteiger charge is 2.27. The van der Waals surface area contributed by atoms with Crippen molar-refractivity contribution in [3.8, 4) is 0 Å². The summed E-state index contributed by atoms with van der Waals surface area (Å²) in [7, 11) is 0. The second-order valence-corrected chi connectivity index (χ2v) is 4.50. The van der Waals surface area contributed by atoms with Gasteiger partial charge in [0, 0.05) is 17.8 Å². The van der Waals surface area contributed by atoms with Crippen molar-refractivity contribution in [1.82, 2.24) is 0 Å². The minimum absolute atomic E-state index is 0.0613. The highest BCUT2D eigenvalue weighted by molar-refractivity contribution is 7.80. The molecule has 0 aliphatic heterocycles. The third-order valence-electron chi connectivity index (χ3n) is 2.08. The molecule has 3 N–H and O–H groups in total. The standard InChI is InChI=1S/C11H12ClF3N2OS/c12-9-5-7(1-2-8(9)10(16)19)17-3-4-18-6-11(13,14)15/h1-2,5,17H,3-4,6H2,(H2,16,19). The van der Waals surface area contributed by atoms with Crippen LogP contribution < -0.4 is 11.1 Å². The Balaban J connectivity index is 2.38. The van der Waals surface area contributed by atoms with Gasteiger partial charge in [0.2, 0.25) is 0 Å². The Bertz CT molecular complexity index is 454. The Morgan fingerprint density at radius 1 is 1.42 bits per heavy atom. The topological polar surface area (TPSA) is 47.3 Å². The maximum Gasteiger partial charge on any atom is 0.411 e. The van der Waals surface area contributed by atoms with Crippen molar-refractivity contribution in [3.05, 3.63) is 28.8 Å². The van der Waals surface area contributed by atoms with Crippen molar-refractivity contribution in [3.63, 3.8) is 0 Å². The first-order valence-corrected chi connectivity index (χ1v) is 6.06. The lowest BCUT2D eigenvalue weighted by Crippen LogP contribution is -2.20. The number of hydrogen-bond acceptors (Lipinski definition) is 3. The molecule has 19 heavy (non-hydrogen) atoms. The van der Waals surface area contributed by atoms with Crippen LogP contribution in [0.3, 0.4) is 0 Å². The van der Waals surface area contributed by atoms with Gasteiger partial charge in [-0.25, -0.2) is 0 Å². The molecule has 0 radical (unpaired) electrons. The van der Waals surface area contributed by atoms with Crippen LogP contribution >= 0.6 is 23.8 Å². The molecular weight excluding hydrogens is 301 g/mol. The van der Waals surface area contributed by atoms with Gasteiger partial charge in [0.1, 0.15) is 11.6 Å². The summed E-state index contributed by atoms with van der Waals surface area (Å²) in [6, 6.07) is 4.92. The Kier molecular flexibility index (Phi) is 5.84. The lowest BCUT2D eigenvalue weighted by atomic mass is 10.2. The molecular formula is C11H12ClF3N2OS. The number of alkyl halides is 3. The third-order valence-corrected chi connectivity index (χ3v) is 2.61. The molecule has 0 fully saturated rings. The molecule has 3 nitrogen and oxygen atoms in total. The molecule has 0 aliphatic carbocycles. The summed E-state index contributed by atoms with van der Waals surface area (Å²) in [6.07, 6.45) is -4.30. The minimum atomic E-state index is -4.30. The van der Waals surface area contributed by atoms with Gasteiger partial charge in [0.25, 0.3) is 0 Å². The second-order valence-electron chi connectivity index (χ2n) is 3.65. The van der Waals surface area contributed by atoms with Gasteiger partial charge >= 0.3 is 6.18 Å². The molecule has 0 spiro atoms. The molecule has 0 aromatic heterocycles. The van der Waals surface area contributed by atoms with Crippen molar-refractivity contribution in [2.75, 3.05) is 25.1 Å². The molecule has 0 bridgehead atoms. The zero-order valence-corrected chi connectivity index (χ0v) is 11.3. The summed E-state index contributed by atoms with van der Waals surface area (Å²) in [4.78, 5) is 0.185. The summed E-state index contributed by atoms with van der Waals surface area (Å²) in [5, 5.41) is 3.26. The fourth-order valence-electron chi connectivity index (χ4n) is 1.28. The van der Waals surface area contributed by atoms with Crippen molar-refractivity contribution >= 4 is 34.5 Å². The first kappa shape index (κ1) is 16.0. The molecule has 0 saturated heterocycles. The molecule has 0 atom stereocenters.